The lowest BCUT2D eigenvalue weighted by atomic mass is 9.99. The molecule has 0 radical (unpaired) electrons. The van der Waals surface area contributed by atoms with Gasteiger partial charge in [-0.1, -0.05) is 6.92 Å². The molecule has 0 aromatic rings. The Kier molecular flexibility index (Phi) is 5.22. The van der Waals surface area contributed by atoms with Crippen LogP contribution < -0.4 is 5.32 Å². The quantitative estimate of drug-likeness (QED) is 0.705. The second-order valence-electron chi connectivity index (χ2n) is 4.13. The number of Topliss-reactive ketones (excluding diaryl/α,β-unsaturated/α-hetero) is 1. The van der Waals surface area contributed by atoms with Crippen molar-refractivity contribution in [3.8, 4) is 0 Å². The van der Waals surface area contributed by atoms with Crippen molar-refractivity contribution < 1.29 is 14.3 Å². The lowest BCUT2D eigenvalue weighted by Gasteiger charge is -2.17. The minimum absolute atomic E-state index is 0.0382. The van der Waals surface area contributed by atoms with Crippen molar-refractivity contribution in [2.24, 2.45) is 5.92 Å². The zero-order chi connectivity index (χ0) is 11.3. The van der Waals surface area contributed by atoms with E-state index >= 15 is 0 Å². The van der Waals surface area contributed by atoms with Crippen LogP contribution in [0.3, 0.4) is 0 Å². The molecule has 0 aliphatic carbocycles. The van der Waals surface area contributed by atoms with Gasteiger partial charge in [0, 0.05) is 6.04 Å². The average Bonchev–Trinajstić information content (AvgIpc) is 2.63. The lowest BCUT2D eigenvalue weighted by molar-refractivity contribution is -0.129. The third-order valence-corrected chi connectivity index (χ3v) is 2.52. The van der Waals surface area contributed by atoms with Crippen molar-refractivity contribution in [1.29, 1.82) is 0 Å². The van der Waals surface area contributed by atoms with Crippen LogP contribution in [0.25, 0.3) is 0 Å². The Morgan fingerprint density at radius 2 is 2.27 bits per heavy atom. The number of hydrogen-bond donors (Lipinski definition) is 1. The van der Waals surface area contributed by atoms with Gasteiger partial charge < -0.3 is 14.8 Å². The Labute approximate surface area is 91.3 Å². The zero-order valence-electron chi connectivity index (χ0n) is 9.79. The lowest BCUT2D eigenvalue weighted by Crippen LogP contribution is -2.40. The molecule has 2 atom stereocenters. The highest BCUT2D eigenvalue weighted by Gasteiger charge is 2.33. The number of rotatable bonds is 6. The van der Waals surface area contributed by atoms with Gasteiger partial charge in [0.05, 0.1) is 25.2 Å². The van der Waals surface area contributed by atoms with Crippen LogP contribution in [0.2, 0.25) is 0 Å². The minimum Gasteiger partial charge on any atom is -0.379 e. The smallest absolute Gasteiger partial charge is 0.165 e. The van der Waals surface area contributed by atoms with Gasteiger partial charge in [-0.2, -0.15) is 0 Å². The van der Waals surface area contributed by atoms with Crippen LogP contribution in [0.5, 0.6) is 0 Å². The summed E-state index contributed by atoms with van der Waals surface area (Å²) >= 11 is 0. The molecule has 1 N–H and O–H groups in total. The van der Waals surface area contributed by atoms with Gasteiger partial charge in [-0.3, -0.25) is 4.79 Å². The Morgan fingerprint density at radius 3 is 2.87 bits per heavy atom. The Hall–Kier alpha value is -0.450. The normalized spacial score (nSPS) is 26.1. The topological polar surface area (TPSA) is 47.6 Å². The fourth-order valence-corrected chi connectivity index (χ4v) is 1.69. The Bertz CT molecular complexity index is 206. The van der Waals surface area contributed by atoms with Crippen LogP contribution in [-0.4, -0.2) is 44.3 Å². The summed E-state index contributed by atoms with van der Waals surface area (Å²) in [5.74, 6) is 0.107. The zero-order valence-corrected chi connectivity index (χ0v) is 9.79. The van der Waals surface area contributed by atoms with Crippen molar-refractivity contribution in [3.63, 3.8) is 0 Å². The molecule has 0 aromatic carbocycles. The monoisotopic (exact) mass is 215 g/mol. The van der Waals surface area contributed by atoms with Crippen molar-refractivity contribution >= 4 is 5.78 Å². The number of carbonyl (C=O) groups is 1. The summed E-state index contributed by atoms with van der Waals surface area (Å²) < 4.78 is 10.6. The van der Waals surface area contributed by atoms with Gasteiger partial charge >= 0.3 is 0 Å². The molecule has 4 nitrogen and oxygen atoms in total. The van der Waals surface area contributed by atoms with E-state index in [2.05, 4.69) is 5.32 Å². The number of nitrogens with one attached hydrogen (secondary N) is 1. The molecule has 1 aliphatic heterocycles. The minimum atomic E-state index is -0.0382. The molecular formula is C11H21NO3. The van der Waals surface area contributed by atoms with Crippen LogP contribution in [0.4, 0.5) is 0 Å². The maximum atomic E-state index is 11.8. The van der Waals surface area contributed by atoms with Gasteiger partial charge in [0.15, 0.2) is 5.78 Å². The molecule has 0 bridgehead atoms. The highest BCUT2D eigenvalue weighted by molar-refractivity contribution is 5.83. The van der Waals surface area contributed by atoms with E-state index in [1.165, 1.54) is 0 Å². The van der Waals surface area contributed by atoms with Crippen LogP contribution in [0.15, 0.2) is 0 Å². The van der Waals surface area contributed by atoms with Crippen molar-refractivity contribution in [2.75, 3.05) is 26.4 Å². The highest BCUT2D eigenvalue weighted by atomic mass is 16.5. The molecule has 15 heavy (non-hydrogen) atoms. The molecule has 1 saturated heterocycles. The third kappa shape index (κ3) is 3.89. The van der Waals surface area contributed by atoms with Gasteiger partial charge in [0.1, 0.15) is 6.61 Å². The first-order valence-electron chi connectivity index (χ1n) is 5.60. The Morgan fingerprint density at radius 1 is 1.53 bits per heavy atom. The number of ether oxygens (including phenoxy) is 2. The standard InChI is InChI=1S/C11H21NO3/c1-4-12-10-6-14-5-9(10)11(13)7-15-8(2)3/h8-10,12H,4-7H2,1-3H3. The third-order valence-electron chi connectivity index (χ3n) is 2.52. The predicted octanol–water partition coefficient (Wildman–Crippen LogP) is 0.605. The van der Waals surface area contributed by atoms with Crippen LogP contribution >= 0.6 is 0 Å². The van der Waals surface area contributed by atoms with Crippen LogP contribution in [0.1, 0.15) is 20.8 Å². The highest BCUT2D eigenvalue weighted by Crippen LogP contribution is 2.15. The first-order valence-corrected chi connectivity index (χ1v) is 5.60. The molecule has 0 saturated carbocycles. The summed E-state index contributed by atoms with van der Waals surface area (Å²) in [6, 6.07) is 0.165. The molecule has 1 aliphatic rings. The molecular weight excluding hydrogens is 194 g/mol. The summed E-state index contributed by atoms with van der Waals surface area (Å²) in [5, 5.41) is 3.26. The molecule has 1 rings (SSSR count). The van der Waals surface area contributed by atoms with E-state index in [-0.39, 0.29) is 30.5 Å². The molecule has 88 valence electrons. The molecule has 2 unspecified atom stereocenters. The Balaban J connectivity index is 2.36. The number of likely N-dealkylation sites (N-methyl/N-ethyl adjacent to an activating group) is 1. The molecule has 1 heterocycles. The van der Waals surface area contributed by atoms with E-state index in [0.29, 0.717) is 13.2 Å². The average molecular weight is 215 g/mol. The van der Waals surface area contributed by atoms with Gasteiger partial charge in [-0.25, -0.2) is 0 Å². The van der Waals surface area contributed by atoms with Gasteiger partial charge in [0.25, 0.3) is 0 Å². The van der Waals surface area contributed by atoms with Crippen molar-refractivity contribution in [1.82, 2.24) is 5.32 Å². The van der Waals surface area contributed by atoms with E-state index in [1.54, 1.807) is 0 Å². The summed E-state index contributed by atoms with van der Waals surface area (Å²) in [6.45, 7) is 8.12. The van der Waals surface area contributed by atoms with Crippen LogP contribution in [0, 0.1) is 5.92 Å². The first-order chi connectivity index (χ1) is 7.15. The van der Waals surface area contributed by atoms with Crippen LogP contribution in [-0.2, 0) is 14.3 Å². The van der Waals surface area contributed by atoms with E-state index in [0.717, 1.165) is 6.54 Å². The van der Waals surface area contributed by atoms with Gasteiger partial charge in [-0.05, 0) is 20.4 Å². The molecule has 0 aromatic heterocycles. The van der Waals surface area contributed by atoms with E-state index in [4.69, 9.17) is 9.47 Å². The molecule has 0 amide bonds. The summed E-state index contributed by atoms with van der Waals surface area (Å²) in [7, 11) is 0. The predicted molar refractivity (Wildman–Crippen MR) is 57.9 cm³/mol. The largest absolute Gasteiger partial charge is 0.379 e. The molecule has 0 spiro atoms. The maximum Gasteiger partial charge on any atom is 0.165 e. The maximum absolute atomic E-state index is 11.8. The van der Waals surface area contributed by atoms with Gasteiger partial charge in [0.2, 0.25) is 0 Å². The SMILES string of the molecule is CCNC1COCC1C(=O)COC(C)C. The number of carbonyl (C=O) groups excluding carboxylic acids is 1. The van der Waals surface area contributed by atoms with E-state index in [1.807, 2.05) is 20.8 Å². The second-order valence-corrected chi connectivity index (χ2v) is 4.13. The van der Waals surface area contributed by atoms with E-state index in [9.17, 15) is 4.79 Å². The number of ketones is 1. The second kappa shape index (κ2) is 6.20. The van der Waals surface area contributed by atoms with Crippen molar-refractivity contribution in [2.45, 2.75) is 32.9 Å². The fourth-order valence-electron chi connectivity index (χ4n) is 1.69. The fraction of sp³-hybridized carbons (Fsp3) is 0.909. The van der Waals surface area contributed by atoms with Gasteiger partial charge in [-0.15, -0.1) is 0 Å². The van der Waals surface area contributed by atoms with Crippen molar-refractivity contribution in [3.05, 3.63) is 0 Å². The molecule has 4 heteroatoms. The molecule has 1 fully saturated rings. The summed E-state index contributed by atoms with van der Waals surface area (Å²) in [5.41, 5.74) is 0. The summed E-state index contributed by atoms with van der Waals surface area (Å²) in [4.78, 5) is 11.8. The first kappa shape index (κ1) is 12.6. The summed E-state index contributed by atoms with van der Waals surface area (Å²) in [6.07, 6.45) is 0.105. The number of hydrogen-bond acceptors (Lipinski definition) is 4. The van der Waals surface area contributed by atoms with E-state index < -0.39 is 0 Å².